The predicted molar refractivity (Wildman–Crippen MR) is 107 cm³/mol. The molecule has 2 N–H and O–H groups in total. The Hall–Kier alpha value is -1.10. The minimum atomic E-state index is 0.547. The SMILES string of the molecule is CC[C@@H](CNC(=S)Nc1ccc(Br)c(Cl)c1)Cc1ccccc1. The van der Waals surface area contributed by atoms with Crippen molar-refractivity contribution in [1.82, 2.24) is 5.32 Å². The van der Waals surface area contributed by atoms with E-state index < -0.39 is 0 Å². The molecule has 2 rings (SSSR count). The van der Waals surface area contributed by atoms with Gasteiger partial charge in [0.25, 0.3) is 0 Å². The molecule has 0 spiro atoms. The number of thiocarbonyl (C=S) groups is 1. The van der Waals surface area contributed by atoms with Crippen LogP contribution in [-0.4, -0.2) is 11.7 Å². The van der Waals surface area contributed by atoms with E-state index in [9.17, 15) is 0 Å². The van der Waals surface area contributed by atoms with Gasteiger partial charge in [-0.15, -0.1) is 0 Å². The van der Waals surface area contributed by atoms with Crippen molar-refractivity contribution in [2.24, 2.45) is 5.92 Å². The van der Waals surface area contributed by atoms with Gasteiger partial charge in [-0.2, -0.15) is 0 Å². The van der Waals surface area contributed by atoms with Crippen LogP contribution in [0.1, 0.15) is 18.9 Å². The van der Waals surface area contributed by atoms with Crippen LogP contribution in [0.2, 0.25) is 5.02 Å². The van der Waals surface area contributed by atoms with Crippen molar-refractivity contribution < 1.29 is 0 Å². The molecule has 0 aliphatic rings. The van der Waals surface area contributed by atoms with Gasteiger partial charge < -0.3 is 10.6 Å². The fraction of sp³-hybridized carbons (Fsp3) is 0.278. The number of hydrogen-bond donors (Lipinski definition) is 2. The first-order valence-corrected chi connectivity index (χ1v) is 9.20. The van der Waals surface area contributed by atoms with Crippen molar-refractivity contribution in [3.8, 4) is 0 Å². The summed E-state index contributed by atoms with van der Waals surface area (Å²) < 4.78 is 0.873. The number of rotatable bonds is 6. The fourth-order valence-electron chi connectivity index (χ4n) is 2.29. The third-order valence-corrected chi connectivity index (χ3v) is 5.15. The first-order chi connectivity index (χ1) is 11.1. The highest BCUT2D eigenvalue weighted by atomic mass is 79.9. The molecule has 0 radical (unpaired) electrons. The van der Waals surface area contributed by atoms with Gasteiger partial charge in [0.1, 0.15) is 0 Å². The molecule has 2 aromatic carbocycles. The average molecular weight is 412 g/mol. The molecule has 2 nitrogen and oxygen atoms in total. The van der Waals surface area contributed by atoms with Crippen molar-refractivity contribution in [2.45, 2.75) is 19.8 Å². The largest absolute Gasteiger partial charge is 0.362 e. The van der Waals surface area contributed by atoms with Crippen LogP contribution in [-0.2, 0) is 6.42 Å². The van der Waals surface area contributed by atoms with Crippen LogP contribution in [0.5, 0.6) is 0 Å². The normalized spacial score (nSPS) is 11.8. The molecule has 0 aliphatic heterocycles. The summed E-state index contributed by atoms with van der Waals surface area (Å²) in [5, 5.41) is 7.75. The maximum atomic E-state index is 6.09. The van der Waals surface area contributed by atoms with Crippen LogP contribution in [0.3, 0.4) is 0 Å². The second-order valence-electron chi connectivity index (χ2n) is 5.43. The molecule has 23 heavy (non-hydrogen) atoms. The monoisotopic (exact) mass is 410 g/mol. The van der Waals surface area contributed by atoms with Crippen molar-refractivity contribution in [2.75, 3.05) is 11.9 Å². The second kappa shape index (κ2) is 9.26. The number of anilines is 1. The third kappa shape index (κ3) is 6.13. The molecule has 2 aromatic rings. The Bertz CT molecular complexity index is 649. The van der Waals surface area contributed by atoms with Crippen molar-refractivity contribution >= 4 is 50.5 Å². The van der Waals surface area contributed by atoms with Gasteiger partial charge in [-0.1, -0.05) is 55.3 Å². The molecular weight excluding hydrogens is 392 g/mol. The summed E-state index contributed by atoms with van der Waals surface area (Å²) in [5.74, 6) is 0.547. The van der Waals surface area contributed by atoms with Crippen LogP contribution in [0.25, 0.3) is 0 Å². The lowest BCUT2D eigenvalue weighted by Crippen LogP contribution is -2.33. The van der Waals surface area contributed by atoms with Crippen molar-refractivity contribution in [3.05, 3.63) is 63.6 Å². The minimum absolute atomic E-state index is 0.547. The van der Waals surface area contributed by atoms with Crippen LogP contribution in [0.15, 0.2) is 53.0 Å². The summed E-state index contributed by atoms with van der Waals surface area (Å²) in [6, 6.07) is 16.2. The fourth-order valence-corrected chi connectivity index (χ4v) is 2.92. The zero-order chi connectivity index (χ0) is 16.7. The lowest BCUT2D eigenvalue weighted by Gasteiger charge is -2.18. The Morgan fingerprint density at radius 1 is 1.22 bits per heavy atom. The molecule has 0 heterocycles. The Morgan fingerprint density at radius 3 is 2.61 bits per heavy atom. The summed E-state index contributed by atoms with van der Waals surface area (Å²) in [7, 11) is 0. The Balaban J connectivity index is 1.83. The van der Waals surface area contributed by atoms with E-state index in [4.69, 9.17) is 23.8 Å². The molecule has 5 heteroatoms. The molecule has 0 saturated carbocycles. The maximum Gasteiger partial charge on any atom is 0.170 e. The first-order valence-electron chi connectivity index (χ1n) is 7.62. The summed E-state index contributed by atoms with van der Waals surface area (Å²) in [4.78, 5) is 0. The Morgan fingerprint density at radius 2 is 1.96 bits per heavy atom. The summed E-state index contributed by atoms with van der Waals surface area (Å²) in [6.45, 7) is 3.06. The van der Waals surface area contributed by atoms with Gasteiger partial charge in [-0.25, -0.2) is 0 Å². The van der Waals surface area contributed by atoms with Gasteiger partial charge >= 0.3 is 0 Å². The summed E-state index contributed by atoms with van der Waals surface area (Å²) in [6.07, 6.45) is 2.16. The van der Waals surface area contributed by atoms with E-state index in [0.29, 0.717) is 16.1 Å². The molecule has 0 fully saturated rings. The molecule has 1 atom stereocenters. The quantitative estimate of drug-likeness (QED) is 0.600. The van der Waals surface area contributed by atoms with E-state index in [1.807, 2.05) is 24.3 Å². The topological polar surface area (TPSA) is 24.1 Å². The maximum absolute atomic E-state index is 6.09. The standard InChI is InChI=1S/C18H20BrClN2S/c1-2-13(10-14-6-4-3-5-7-14)12-21-18(23)22-15-8-9-16(19)17(20)11-15/h3-9,11,13H,2,10,12H2,1H3,(H2,21,22,23)/t13-/m1/s1. The molecular formula is C18H20BrClN2S. The highest BCUT2D eigenvalue weighted by Crippen LogP contribution is 2.25. The molecule has 0 bridgehead atoms. The van der Waals surface area contributed by atoms with E-state index in [1.54, 1.807) is 0 Å². The zero-order valence-corrected chi connectivity index (χ0v) is 16.1. The lowest BCUT2D eigenvalue weighted by molar-refractivity contribution is 0.498. The molecule has 0 amide bonds. The van der Waals surface area contributed by atoms with Crippen molar-refractivity contribution in [1.29, 1.82) is 0 Å². The van der Waals surface area contributed by atoms with Gasteiger partial charge in [0.2, 0.25) is 0 Å². The average Bonchev–Trinajstić information content (AvgIpc) is 2.56. The molecule has 0 aromatic heterocycles. The third-order valence-electron chi connectivity index (χ3n) is 3.67. The number of nitrogens with one attached hydrogen (secondary N) is 2. The van der Waals surface area contributed by atoms with Crippen LogP contribution >= 0.6 is 39.7 Å². The summed E-state index contributed by atoms with van der Waals surface area (Å²) >= 11 is 14.8. The molecule has 0 saturated heterocycles. The molecule has 0 aliphatic carbocycles. The predicted octanol–water partition coefficient (Wildman–Crippen LogP) is 5.66. The smallest absolute Gasteiger partial charge is 0.170 e. The van der Waals surface area contributed by atoms with Crippen LogP contribution in [0, 0.1) is 5.92 Å². The van der Waals surface area contributed by atoms with Crippen LogP contribution < -0.4 is 10.6 Å². The van der Waals surface area contributed by atoms with Gasteiger partial charge in [0.05, 0.1) is 5.02 Å². The molecule has 0 unspecified atom stereocenters. The highest BCUT2D eigenvalue weighted by molar-refractivity contribution is 9.10. The number of halogens is 2. The Kier molecular flexibility index (Phi) is 7.34. The van der Waals surface area contributed by atoms with Gasteiger partial charge in [0.15, 0.2) is 5.11 Å². The lowest BCUT2D eigenvalue weighted by atomic mass is 9.97. The van der Waals surface area contributed by atoms with Gasteiger partial charge in [0, 0.05) is 16.7 Å². The van der Waals surface area contributed by atoms with Crippen molar-refractivity contribution in [3.63, 3.8) is 0 Å². The van der Waals surface area contributed by atoms with Crippen LogP contribution in [0.4, 0.5) is 5.69 Å². The van der Waals surface area contributed by atoms with E-state index in [-0.39, 0.29) is 0 Å². The Labute approximate surface area is 156 Å². The highest BCUT2D eigenvalue weighted by Gasteiger charge is 2.08. The second-order valence-corrected chi connectivity index (χ2v) is 7.10. The van der Waals surface area contributed by atoms with E-state index >= 15 is 0 Å². The minimum Gasteiger partial charge on any atom is -0.362 e. The van der Waals surface area contributed by atoms with E-state index in [1.165, 1.54) is 5.56 Å². The zero-order valence-electron chi connectivity index (χ0n) is 13.0. The van der Waals surface area contributed by atoms with E-state index in [0.717, 1.165) is 29.5 Å². The molecule has 122 valence electrons. The number of benzene rings is 2. The van der Waals surface area contributed by atoms with Gasteiger partial charge in [-0.3, -0.25) is 0 Å². The summed E-state index contributed by atoms with van der Waals surface area (Å²) in [5.41, 5.74) is 2.24. The van der Waals surface area contributed by atoms with E-state index in [2.05, 4.69) is 57.8 Å². The van der Waals surface area contributed by atoms with Gasteiger partial charge in [-0.05, 0) is 64.2 Å². The first kappa shape index (κ1) is 18.2. The number of hydrogen-bond acceptors (Lipinski definition) is 1.